The Hall–Kier alpha value is 0.0800. The van der Waals surface area contributed by atoms with Crippen molar-refractivity contribution in [2.45, 2.75) is 18.5 Å². The van der Waals surface area contributed by atoms with Gasteiger partial charge in [0.1, 0.15) is 0 Å². The van der Waals surface area contributed by atoms with Gasteiger partial charge in [-0.3, -0.25) is 0 Å². The molecule has 1 unspecified atom stereocenters. The summed E-state index contributed by atoms with van der Waals surface area (Å²) in [4.78, 5) is 0. The highest BCUT2D eigenvalue weighted by molar-refractivity contribution is 6.19. The largest absolute Gasteiger partial charge is 0.242 e. The topological polar surface area (TPSA) is 0 Å². The molecule has 0 aliphatic carbocycles. The number of alkyl halides is 4. The Morgan fingerprint density at radius 3 is 1.71 bits per heavy atom. The lowest BCUT2D eigenvalue weighted by atomic mass is 10.5. The number of rotatable bonds is 2. The van der Waals surface area contributed by atoms with E-state index in [2.05, 4.69) is 11.6 Å². The molecule has 1 atom stereocenters. The molecule has 0 bridgehead atoms. The number of hydrogen-bond donors (Lipinski definition) is 0. The first kappa shape index (κ1) is 7.08. The lowest BCUT2D eigenvalue weighted by Gasteiger charge is -1.94. The molecule has 7 heavy (non-hydrogen) atoms. The summed E-state index contributed by atoms with van der Waals surface area (Å²) in [7, 11) is 0. The summed E-state index contributed by atoms with van der Waals surface area (Å²) in [5.74, 6) is 0. The van der Waals surface area contributed by atoms with Crippen LogP contribution in [0.25, 0.3) is 0 Å². The first-order valence-electron chi connectivity index (χ1n) is 1.69. The van der Waals surface area contributed by atoms with E-state index in [0.29, 0.717) is 0 Å². The SMILES string of the molecule is FC(F)CC(F)Cl. The third-order valence-corrected chi connectivity index (χ3v) is 0.535. The molecular formula is C3H4ClF3. The fourth-order valence-electron chi connectivity index (χ4n) is 0.135. The smallest absolute Gasteiger partial charge is 0.230 e. The molecular weight excluding hydrogens is 128 g/mol. The van der Waals surface area contributed by atoms with Crippen LogP contribution in [-0.4, -0.2) is 12.1 Å². The molecule has 0 fully saturated rings. The zero-order valence-corrected chi connectivity index (χ0v) is 4.13. The van der Waals surface area contributed by atoms with Gasteiger partial charge >= 0.3 is 0 Å². The Morgan fingerprint density at radius 1 is 1.29 bits per heavy atom. The van der Waals surface area contributed by atoms with Crippen molar-refractivity contribution in [3.63, 3.8) is 0 Å². The lowest BCUT2D eigenvalue weighted by molar-refractivity contribution is 0.119. The second kappa shape index (κ2) is 3.13. The van der Waals surface area contributed by atoms with Crippen LogP contribution in [0.3, 0.4) is 0 Å². The van der Waals surface area contributed by atoms with E-state index in [1.165, 1.54) is 0 Å². The maximum Gasteiger partial charge on any atom is 0.242 e. The Labute approximate surface area is 44.3 Å². The van der Waals surface area contributed by atoms with E-state index in [1.807, 2.05) is 0 Å². The van der Waals surface area contributed by atoms with Crippen molar-refractivity contribution < 1.29 is 13.2 Å². The van der Waals surface area contributed by atoms with E-state index in [1.54, 1.807) is 0 Å². The molecule has 0 N–H and O–H groups in total. The third kappa shape index (κ3) is 6.08. The van der Waals surface area contributed by atoms with Crippen molar-refractivity contribution in [2.24, 2.45) is 0 Å². The minimum Gasteiger partial charge on any atom is -0.230 e. The van der Waals surface area contributed by atoms with E-state index in [-0.39, 0.29) is 0 Å². The highest BCUT2D eigenvalue weighted by atomic mass is 35.5. The minimum absolute atomic E-state index is 0.873. The van der Waals surface area contributed by atoms with Crippen LogP contribution >= 0.6 is 11.6 Å². The quantitative estimate of drug-likeness (QED) is 0.505. The van der Waals surface area contributed by atoms with Gasteiger partial charge in [-0.1, -0.05) is 11.6 Å². The average molecular weight is 133 g/mol. The fraction of sp³-hybridized carbons (Fsp3) is 1.00. The average Bonchev–Trinajstić information content (AvgIpc) is 1.27. The van der Waals surface area contributed by atoms with Gasteiger partial charge in [-0.05, 0) is 0 Å². The van der Waals surface area contributed by atoms with Gasteiger partial charge in [0.15, 0.2) is 5.63 Å². The third-order valence-electron chi connectivity index (χ3n) is 0.356. The van der Waals surface area contributed by atoms with Crippen molar-refractivity contribution in [1.82, 2.24) is 0 Å². The van der Waals surface area contributed by atoms with Gasteiger partial charge in [0.05, 0.1) is 6.42 Å². The van der Waals surface area contributed by atoms with Gasteiger partial charge < -0.3 is 0 Å². The molecule has 0 aliphatic rings. The molecule has 0 saturated carbocycles. The van der Waals surface area contributed by atoms with E-state index in [0.717, 1.165) is 0 Å². The van der Waals surface area contributed by atoms with Gasteiger partial charge in [0, 0.05) is 0 Å². The number of halogens is 4. The summed E-state index contributed by atoms with van der Waals surface area (Å²) in [6, 6.07) is 0. The first-order valence-corrected chi connectivity index (χ1v) is 2.13. The molecule has 0 heterocycles. The van der Waals surface area contributed by atoms with Crippen LogP contribution in [0.15, 0.2) is 0 Å². The van der Waals surface area contributed by atoms with Gasteiger partial charge in [0.2, 0.25) is 6.43 Å². The summed E-state index contributed by atoms with van der Waals surface area (Å²) in [6.45, 7) is 0. The molecule has 0 aromatic rings. The summed E-state index contributed by atoms with van der Waals surface area (Å²) in [6.07, 6.45) is -3.51. The molecule has 0 nitrogen and oxygen atoms in total. The summed E-state index contributed by atoms with van der Waals surface area (Å²) >= 11 is 4.53. The predicted octanol–water partition coefficient (Wildman–Crippen LogP) is 2.18. The lowest BCUT2D eigenvalue weighted by Crippen LogP contribution is -1.97. The van der Waals surface area contributed by atoms with Crippen LogP contribution in [0.4, 0.5) is 13.2 Å². The maximum absolute atomic E-state index is 11.2. The summed E-state index contributed by atoms with van der Waals surface area (Å²) in [5, 5.41) is 0. The monoisotopic (exact) mass is 132 g/mol. The Balaban J connectivity index is 2.95. The van der Waals surface area contributed by atoms with Crippen LogP contribution in [0.5, 0.6) is 0 Å². The predicted molar refractivity (Wildman–Crippen MR) is 21.4 cm³/mol. The van der Waals surface area contributed by atoms with Crippen molar-refractivity contribution in [3.8, 4) is 0 Å². The van der Waals surface area contributed by atoms with E-state index < -0.39 is 18.5 Å². The second-order valence-corrected chi connectivity index (χ2v) is 1.49. The van der Waals surface area contributed by atoms with Crippen molar-refractivity contribution in [2.75, 3.05) is 0 Å². The molecule has 0 aromatic carbocycles. The van der Waals surface area contributed by atoms with E-state index in [9.17, 15) is 13.2 Å². The molecule has 0 spiro atoms. The first-order chi connectivity index (χ1) is 3.13. The summed E-state index contributed by atoms with van der Waals surface area (Å²) < 4.78 is 33.2. The molecule has 0 amide bonds. The Morgan fingerprint density at radius 2 is 1.71 bits per heavy atom. The molecule has 0 aromatic heterocycles. The molecule has 0 saturated heterocycles. The van der Waals surface area contributed by atoms with E-state index in [4.69, 9.17) is 0 Å². The van der Waals surface area contributed by atoms with Crippen LogP contribution in [0.1, 0.15) is 6.42 Å². The van der Waals surface area contributed by atoms with Crippen LogP contribution in [0.2, 0.25) is 0 Å². The zero-order chi connectivity index (χ0) is 5.86. The molecule has 0 rings (SSSR count). The maximum atomic E-state index is 11.2. The molecule has 4 heteroatoms. The molecule has 0 radical (unpaired) electrons. The van der Waals surface area contributed by atoms with Crippen molar-refractivity contribution in [1.29, 1.82) is 0 Å². The standard InChI is InChI=1S/C3H4ClF3/c4-2(5)1-3(6)7/h2-3H,1H2. The fourth-order valence-corrected chi connectivity index (χ4v) is 0.269. The highest BCUT2D eigenvalue weighted by Crippen LogP contribution is 2.09. The molecule has 44 valence electrons. The highest BCUT2D eigenvalue weighted by Gasteiger charge is 2.08. The van der Waals surface area contributed by atoms with Crippen molar-refractivity contribution in [3.05, 3.63) is 0 Å². The van der Waals surface area contributed by atoms with Crippen molar-refractivity contribution >= 4 is 11.6 Å². The minimum atomic E-state index is -2.63. The second-order valence-electron chi connectivity index (χ2n) is 1.02. The Bertz CT molecular complexity index is 39.4. The van der Waals surface area contributed by atoms with E-state index >= 15 is 0 Å². The number of hydrogen-bond acceptors (Lipinski definition) is 0. The Kier molecular flexibility index (Phi) is 3.17. The summed E-state index contributed by atoms with van der Waals surface area (Å²) in [5.41, 5.74) is -1.90. The van der Waals surface area contributed by atoms with Gasteiger partial charge in [0.25, 0.3) is 0 Å². The van der Waals surface area contributed by atoms with Gasteiger partial charge in [-0.15, -0.1) is 0 Å². The zero-order valence-electron chi connectivity index (χ0n) is 3.37. The normalized spacial score (nSPS) is 15.0. The molecule has 0 aliphatic heterocycles. The van der Waals surface area contributed by atoms with Gasteiger partial charge in [-0.2, -0.15) is 0 Å². The van der Waals surface area contributed by atoms with Gasteiger partial charge in [-0.25, -0.2) is 13.2 Å². The van der Waals surface area contributed by atoms with Crippen LogP contribution in [0, 0.1) is 0 Å². The van der Waals surface area contributed by atoms with Crippen LogP contribution < -0.4 is 0 Å². The van der Waals surface area contributed by atoms with Crippen LogP contribution in [-0.2, 0) is 0 Å².